The molecule has 1 saturated heterocycles. The Morgan fingerprint density at radius 2 is 1.79 bits per heavy atom. The molecule has 1 aromatic rings. The first-order chi connectivity index (χ1) is 10.9. The second-order valence-electron chi connectivity index (χ2n) is 7.41. The maximum Gasteiger partial charge on any atom is 0.189 e. The number of likely N-dealkylation sites (tertiary alicyclic amines) is 1. The number of piperidine rings is 1. The third kappa shape index (κ3) is 6.97. The van der Waals surface area contributed by atoms with Crippen LogP contribution in [0, 0.1) is 11.8 Å². The largest absolute Gasteiger partial charge is 0.370 e. The van der Waals surface area contributed by atoms with Crippen LogP contribution in [0.3, 0.4) is 0 Å². The number of aliphatic imine (C=N–C) groups is 1. The lowest BCUT2D eigenvalue weighted by Gasteiger charge is -2.35. The summed E-state index contributed by atoms with van der Waals surface area (Å²) in [7, 11) is 0. The molecule has 4 nitrogen and oxygen atoms in total. The van der Waals surface area contributed by atoms with Gasteiger partial charge in [-0.1, -0.05) is 38.1 Å². The first kappa shape index (κ1) is 21.2. The summed E-state index contributed by atoms with van der Waals surface area (Å²) in [5.41, 5.74) is 8.56. The fourth-order valence-corrected chi connectivity index (χ4v) is 3.54. The number of nitrogens with zero attached hydrogens (tertiary/aromatic N) is 2. The van der Waals surface area contributed by atoms with E-state index in [4.69, 9.17) is 5.73 Å². The monoisotopic (exact) mass is 444 g/mol. The van der Waals surface area contributed by atoms with Gasteiger partial charge in [-0.3, -0.25) is 4.90 Å². The second-order valence-corrected chi connectivity index (χ2v) is 7.41. The van der Waals surface area contributed by atoms with E-state index in [-0.39, 0.29) is 24.0 Å². The average molecular weight is 444 g/mol. The molecule has 0 spiro atoms. The van der Waals surface area contributed by atoms with Crippen LogP contribution >= 0.6 is 24.0 Å². The summed E-state index contributed by atoms with van der Waals surface area (Å²) in [6, 6.07) is 8.90. The van der Waals surface area contributed by atoms with Gasteiger partial charge in [0.15, 0.2) is 5.96 Å². The predicted molar refractivity (Wildman–Crippen MR) is 114 cm³/mol. The zero-order chi connectivity index (χ0) is 16.8. The first-order valence-corrected chi connectivity index (χ1v) is 8.79. The van der Waals surface area contributed by atoms with Crippen LogP contribution in [0.25, 0.3) is 0 Å². The lowest BCUT2D eigenvalue weighted by molar-refractivity contribution is 0.134. The van der Waals surface area contributed by atoms with Crippen molar-refractivity contribution in [2.75, 3.05) is 13.1 Å². The van der Waals surface area contributed by atoms with Crippen LogP contribution in [-0.2, 0) is 13.1 Å². The number of guanidine groups is 1. The van der Waals surface area contributed by atoms with E-state index in [2.05, 4.69) is 67.2 Å². The van der Waals surface area contributed by atoms with E-state index in [0.717, 1.165) is 18.4 Å². The maximum absolute atomic E-state index is 5.92. The molecule has 0 amide bonds. The minimum absolute atomic E-state index is 0. The fraction of sp³-hybridized carbons (Fsp3) is 0.632. The highest BCUT2D eigenvalue weighted by molar-refractivity contribution is 14.0. The van der Waals surface area contributed by atoms with Crippen LogP contribution in [-0.4, -0.2) is 30.0 Å². The number of halogens is 1. The zero-order valence-corrected chi connectivity index (χ0v) is 17.8. The molecule has 5 heteroatoms. The van der Waals surface area contributed by atoms with E-state index in [0.29, 0.717) is 18.5 Å². The van der Waals surface area contributed by atoms with Crippen LogP contribution in [0.15, 0.2) is 29.3 Å². The lowest BCUT2D eigenvalue weighted by Crippen LogP contribution is -2.38. The number of hydrogen-bond acceptors (Lipinski definition) is 2. The quantitative estimate of drug-likeness (QED) is 0.415. The van der Waals surface area contributed by atoms with Crippen molar-refractivity contribution >= 4 is 29.9 Å². The van der Waals surface area contributed by atoms with Gasteiger partial charge in [0.2, 0.25) is 0 Å². The summed E-state index contributed by atoms with van der Waals surface area (Å²) < 4.78 is 0. The molecule has 1 fully saturated rings. The smallest absolute Gasteiger partial charge is 0.189 e. The Kier molecular flexibility index (Phi) is 9.05. The molecule has 1 aromatic carbocycles. The standard InChI is InChI=1S/C19H32N4.HI/c1-14(2)22-19(20)21-10-17-7-5-6-8-18(17)13-23-11-15(3)9-16(4)12-23;/h5-8,14-16H,9-13H2,1-4H3,(H3,20,21,22);1H. The van der Waals surface area contributed by atoms with Crippen LogP contribution in [0.4, 0.5) is 0 Å². The van der Waals surface area contributed by atoms with Gasteiger partial charge in [-0.15, -0.1) is 24.0 Å². The van der Waals surface area contributed by atoms with Gasteiger partial charge in [0.25, 0.3) is 0 Å². The summed E-state index contributed by atoms with van der Waals surface area (Å²) in [4.78, 5) is 7.06. The molecule has 136 valence electrons. The van der Waals surface area contributed by atoms with Crippen molar-refractivity contribution in [1.29, 1.82) is 0 Å². The van der Waals surface area contributed by atoms with E-state index in [1.807, 2.05) is 0 Å². The highest BCUT2D eigenvalue weighted by atomic mass is 127. The highest BCUT2D eigenvalue weighted by Crippen LogP contribution is 2.23. The van der Waals surface area contributed by atoms with Gasteiger partial charge in [-0.2, -0.15) is 0 Å². The Bertz CT molecular complexity index is 520. The molecule has 0 aliphatic carbocycles. The Balaban J connectivity index is 0.00000288. The molecule has 2 rings (SSSR count). The summed E-state index contributed by atoms with van der Waals surface area (Å²) in [5.74, 6) is 2.10. The number of rotatable bonds is 5. The Labute approximate surface area is 164 Å². The maximum atomic E-state index is 5.92. The molecule has 0 bridgehead atoms. The summed E-state index contributed by atoms with van der Waals surface area (Å²) in [5, 5.41) is 3.14. The topological polar surface area (TPSA) is 53.6 Å². The number of nitrogens with two attached hydrogens (primary N) is 1. The van der Waals surface area contributed by atoms with Crippen LogP contribution in [0.2, 0.25) is 0 Å². The second kappa shape index (κ2) is 10.2. The van der Waals surface area contributed by atoms with Gasteiger partial charge < -0.3 is 11.1 Å². The Hall–Kier alpha value is -0.820. The summed E-state index contributed by atoms with van der Waals surface area (Å²) >= 11 is 0. The van der Waals surface area contributed by atoms with Gasteiger partial charge in [-0.25, -0.2) is 4.99 Å². The van der Waals surface area contributed by atoms with Gasteiger partial charge in [0.05, 0.1) is 6.54 Å². The van der Waals surface area contributed by atoms with Crippen molar-refractivity contribution in [2.24, 2.45) is 22.6 Å². The van der Waals surface area contributed by atoms with Crippen LogP contribution in [0.5, 0.6) is 0 Å². The number of benzene rings is 1. The van der Waals surface area contributed by atoms with Gasteiger partial charge in [0, 0.05) is 25.7 Å². The molecule has 0 radical (unpaired) electrons. The Morgan fingerprint density at radius 1 is 1.21 bits per heavy atom. The van der Waals surface area contributed by atoms with Gasteiger partial charge >= 0.3 is 0 Å². The third-order valence-corrected chi connectivity index (χ3v) is 4.31. The number of hydrogen-bond donors (Lipinski definition) is 2. The molecule has 0 aromatic heterocycles. The minimum atomic E-state index is 0. The SMILES string of the molecule is CC1CC(C)CN(Cc2ccccc2CN=C(N)NC(C)C)C1.I. The molecule has 1 heterocycles. The summed E-state index contributed by atoms with van der Waals surface area (Å²) in [6.45, 7) is 12.9. The van der Waals surface area contributed by atoms with E-state index >= 15 is 0 Å². The molecule has 2 unspecified atom stereocenters. The molecule has 1 aliphatic heterocycles. The highest BCUT2D eigenvalue weighted by Gasteiger charge is 2.22. The average Bonchev–Trinajstić information content (AvgIpc) is 2.44. The normalized spacial score (nSPS) is 22.3. The van der Waals surface area contributed by atoms with Crippen molar-refractivity contribution in [2.45, 2.75) is 53.2 Å². The lowest BCUT2D eigenvalue weighted by atomic mass is 9.91. The molecule has 2 atom stereocenters. The predicted octanol–water partition coefficient (Wildman–Crippen LogP) is 3.60. The van der Waals surface area contributed by atoms with Crippen LogP contribution < -0.4 is 11.1 Å². The zero-order valence-electron chi connectivity index (χ0n) is 15.5. The summed E-state index contributed by atoms with van der Waals surface area (Å²) in [6.07, 6.45) is 1.35. The van der Waals surface area contributed by atoms with Crippen molar-refractivity contribution in [3.8, 4) is 0 Å². The van der Waals surface area contributed by atoms with Gasteiger partial charge in [0.1, 0.15) is 0 Å². The minimum Gasteiger partial charge on any atom is -0.370 e. The van der Waals surface area contributed by atoms with E-state index in [1.165, 1.54) is 30.6 Å². The van der Waals surface area contributed by atoms with E-state index < -0.39 is 0 Å². The molecule has 24 heavy (non-hydrogen) atoms. The van der Waals surface area contributed by atoms with Crippen molar-refractivity contribution < 1.29 is 0 Å². The van der Waals surface area contributed by atoms with Gasteiger partial charge in [-0.05, 0) is 43.2 Å². The fourth-order valence-electron chi connectivity index (χ4n) is 3.54. The first-order valence-electron chi connectivity index (χ1n) is 8.79. The van der Waals surface area contributed by atoms with Crippen molar-refractivity contribution in [3.05, 3.63) is 35.4 Å². The molecule has 3 N–H and O–H groups in total. The Morgan fingerprint density at radius 3 is 2.38 bits per heavy atom. The molecule has 0 saturated carbocycles. The molecule has 1 aliphatic rings. The van der Waals surface area contributed by atoms with Crippen molar-refractivity contribution in [3.63, 3.8) is 0 Å². The third-order valence-electron chi connectivity index (χ3n) is 4.31. The van der Waals surface area contributed by atoms with Crippen LogP contribution in [0.1, 0.15) is 45.2 Å². The number of nitrogens with one attached hydrogen (secondary N) is 1. The van der Waals surface area contributed by atoms with Crippen molar-refractivity contribution in [1.82, 2.24) is 10.2 Å². The van der Waals surface area contributed by atoms with E-state index in [1.54, 1.807) is 0 Å². The van der Waals surface area contributed by atoms with E-state index in [9.17, 15) is 0 Å². The molecular formula is C19H33IN4. The molecular weight excluding hydrogens is 411 g/mol.